The van der Waals surface area contributed by atoms with Crippen molar-refractivity contribution in [2.75, 3.05) is 6.26 Å². The molecule has 1 aromatic rings. The summed E-state index contributed by atoms with van der Waals surface area (Å²) < 4.78 is 0. The molecular formula is C10H12N2S. The van der Waals surface area contributed by atoms with Gasteiger partial charge < -0.3 is 0 Å². The number of thioether (sulfide) groups is 1. The second kappa shape index (κ2) is 4.88. The lowest BCUT2D eigenvalue weighted by Crippen LogP contribution is -1.92. The minimum Gasteiger partial charge on any atom is -0.242 e. The van der Waals surface area contributed by atoms with Gasteiger partial charge >= 0.3 is 0 Å². The first-order valence-corrected chi connectivity index (χ1v) is 5.47. The largest absolute Gasteiger partial charge is 0.242 e. The second-order valence-corrected chi connectivity index (χ2v) is 3.63. The quantitative estimate of drug-likeness (QED) is 0.691. The number of pyridine rings is 1. The summed E-state index contributed by atoms with van der Waals surface area (Å²) in [7, 11) is 0. The van der Waals surface area contributed by atoms with Crippen molar-refractivity contribution in [2.24, 2.45) is 0 Å². The molecule has 2 nitrogen and oxygen atoms in total. The maximum absolute atomic E-state index is 8.73. The van der Waals surface area contributed by atoms with Crippen molar-refractivity contribution in [1.29, 1.82) is 5.26 Å². The highest BCUT2D eigenvalue weighted by Crippen LogP contribution is 2.17. The lowest BCUT2D eigenvalue weighted by atomic mass is 10.2. The molecule has 1 heterocycles. The molecule has 1 rings (SSSR count). The van der Waals surface area contributed by atoms with Gasteiger partial charge in [0.15, 0.2) is 0 Å². The predicted molar refractivity (Wildman–Crippen MR) is 54.7 cm³/mol. The normalized spacial score (nSPS) is 9.62. The maximum Gasteiger partial charge on any atom is 0.141 e. The van der Waals surface area contributed by atoms with Crippen LogP contribution in [0.1, 0.15) is 24.7 Å². The molecule has 0 aliphatic rings. The van der Waals surface area contributed by atoms with Crippen molar-refractivity contribution in [3.63, 3.8) is 0 Å². The third kappa shape index (κ3) is 2.74. The van der Waals surface area contributed by atoms with Crippen LogP contribution < -0.4 is 0 Å². The van der Waals surface area contributed by atoms with Gasteiger partial charge in [0.05, 0.1) is 0 Å². The van der Waals surface area contributed by atoms with Crippen molar-refractivity contribution in [3.8, 4) is 6.07 Å². The van der Waals surface area contributed by atoms with E-state index in [0.717, 1.165) is 23.4 Å². The van der Waals surface area contributed by atoms with Gasteiger partial charge in [0.2, 0.25) is 0 Å². The summed E-state index contributed by atoms with van der Waals surface area (Å²) in [4.78, 5) is 5.34. The molecule has 0 atom stereocenters. The zero-order valence-corrected chi connectivity index (χ0v) is 8.69. The standard InChI is InChI=1S/C10H12N2S/c1-3-4-8-5-10(13-2)6-9(7-11)12-8/h5-6H,3-4H2,1-2H3. The van der Waals surface area contributed by atoms with Gasteiger partial charge in [0.1, 0.15) is 11.8 Å². The fraction of sp³-hybridized carbons (Fsp3) is 0.400. The molecule has 0 aliphatic heterocycles. The molecule has 3 heteroatoms. The Hall–Kier alpha value is -1.01. The Bertz CT molecular complexity index is 328. The minimum absolute atomic E-state index is 0.523. The Labute approximate surface area is 83.0 Å². The first-order chi connectivity index (χ1) is 6.30. The summed E-state index contributed by atoms with van der Waals surface area (Å²) in [5, 5.41) is 8.73. The summed E-state index contributed by atoms with van der Waals surface area (Å²) in [5.41, 5.74) is 1.54. The van der Waals surface area contributed by atoms with Gasteiger partial charge in [0, 0.05) is 10.6 Å². The van der Waals surface area contributed by atoms with Crippen LogP contribution in [0.5, 0.6) is 0 Å². The van der Waals surface area contributed by atoms with Gasteiger partial charge in [-0.1, -0.05) is 13.3 Å². The lowest BCUT2D eigenvalue weighted by molar-refractivity contribution is 0.872. The molecule has 0 saturated heterocycles. The van der Waals surface area contributed by atoms with E-state index < -0.39 is 0 Å². The summed E-state index contributed by atoms with van der Waals surface area (Å²) in [6.07, 6.45) is 4.02. The maximum atomic E-state index is 8.73. The Morgan fingerprint density at radius 3 is 2.85 bits per heavy atom. The van der Waals surface area contributed by atoms with Gasteiger partial charge in [-0.25, -0.2) is 4.98 Å². The number of rotatable bonds is 3. The highest BCUT2D eigenvalue weighted by atomic mass is 32.2. The molecule has 0 aliphatic carbocycles. The highest BCUT2D eigenvalue weighted by Gasteiger charge is 2.00. The van der Waals surface area contributed by atoms with Gasteiger partial charge in [-0.3, -0.25) is 0 Å². The van der Waals surface area contributed by atoms with Crippen LogP contribution in [0.2, 0.25) is 0 Å². The van der Waals surface area contributed by atoms with E-state index in [2.05, 4.69) is 24.0 Å². The third-order valence-electron chi connectivity index (χ3n) is 1.71. The van der Waals surface area contributed by atoms with E-state index in [1.807, 2.05) is 12.3 Å². The average molecular weight is 192 g/mol. The smallest absolute Gasteiger partial charge is 0.141 e. The molecule has 13 heavy (non-hydrogen) atoms. The van der Waals surface area contributed by atoms with Crippen molar-refractivity contribution < 1.29 is 0 Å². The zero-order valence-electron chi connectivity index (χ0n) is 7.87. The molecule has 0 aromatic carbocycles. The first kappa shape index (κ1) is 10.1. The van der Waals surface area contributed by atoms with Gasteiger partial charge in [-0.2, -0.15) is 5.26 Å². The van der Waals surface area contributed by atoms with E-state index in [-0.39, 0.29) is 0 Å². The molecule has 0 saturated carbocycles. The van der Waals surface area contributed by atoms with Crippen molar-refractivity contribution in [1.82, 2.24) is 4.98 Å². The number of hydrogen-bond acceptors (Lipinski definition) is 3. The van der Waals surface area contributed by atoms with E-state index in [0.29, 0.717) is 5.69 Å². The molecule has 0 radical (unpaired) electrons. The minimum atomic E-state index is 0.523. The van der Waals surface area contributed by atoms with Gasteiger partial charge in [-0.05, 0) is 24.8 Å². The SMILES string of the molecule is CCCc1cc(SC)cc(C#N)n1. The number of nitrogens with zero attached hydrogens (tertiary/aromatic N) is 2. The Balaban J connectivity index is 3.01. The highest BCUT2D eigenvalue weighted by molar-refractivity contribution is 7.98. The zero-order chi connectivity index (χ0) is 9.68. The van der Waals surface area contributed by atoms with Gasteiger partial charge in [0.25, 0.3) is 0 Å². The number of hydrogen-bond donors (Lipinski definition) is 0. The molecule has 0 unspecified atom stereocenters. The summed E-state index contributed by atoms with van der Waals surface area (Å²) >= 11 is 1.65. The topological polar surface area (TPSA) is 36.7 Å². The Morgan fingerprint density at radius 2 is 2.31 bits per heavy atom. The van der Waals surface area contributed by atoms with Gasteiger partial charge in [-0.15, -0.1) is 11.8 Å². The molecular weight excluding hydrogens is 180 g/mol. The van der Waals surface area contributed by atoms with Crippen molar-refractivity contribution in [2.45, 2.75) is 24.7 Å². The Kier molecular flexibility index (Phi) is 3.78. The molecule has 0 amide bonds. The van der Waals surface area contributed by atoms with Crippen LogP contribution in [-0.2, 0) is 6.42 Å². The van der Waals surface area contributed by atoms with E-state index >= 15 is 0 Å². The predicted octanol–water partition coefficient (Wildman–Crippen LogP) is 2.63. The van der Waals surface area contributed by atoms with E-state index in [4.69, 9.17) is 5.26 Å². The summed E-state index contributed by atoms with van der Waals surface area (Å²) in [6.45, 7) is 2.11. The molecule has 0 spiro atoms. The van der Waals surface area contributed by atoms with Crippen molar-refractivity contribution in [3.05, 3.63) is 23.5 Å². The number of nitriles is 1. The van der Waals surface area contributed by atoms with E-state index in [1.165, 1.54) is 0 Å². The van der Waals surface area contributed by atoms with Crippen LogP contribution in [0, 0.1) is 11.3 Å². The summed E-state index contributed by atoms with van der Waals surface area (Å²) in [5.74, 6) is 0. The summed E-state index contributed by atoms with van der Waals surface area (Å²) in [6, 6.07) is 5.95. The molecule has 0 N–H and O–H groups in total. The van der Waals surface area contributed by atoms with E-state index in [1.54, 1.807) is 11.8 Å². The molecule has 1 aromatic heterocycles. The molecule has 68 valence electrons. The second-order valence-electron chi connectivity index (χ2n) is 2.75. The van der Waals surface area contributed by atoms with Crippen LogP contribution >= 0.6 is 11.8 Å². The van der Waals surface area contributed by atoms with Crippen LogP contribution in [0.25, 0.3) is 0 Å². The molecule has 0 bridgehead atoms. The fourth-order valence-electron chi connectivity index (χ4n) is 1.12. The van der Waals surface area contributed by atoms with Crippen LogP contribution in [0.4, 0.5) is 0 Å². The van der Waals surface area contributed by atoms with E-state index in [9.17, 15) is 0 Å². The monoisotopic (exact) mass is 192 g/mol. The van der Waals surface area contributed by atoms with Crippen LogP contribution in [-0.4, -0.2) is 11.2 Å². The third-order valence-corrected chi connectivity index (χ3v) is 2.42. The lowest BCUT2D eigenvalue weighted by Gasteiger charge is -2.01. The Morgan fingerprint density at radius 1 is 1.54 bits per heavy atom. The number of aryl methyl sites for hydroxylation is 1. The van der Waals surface area contributed by atoms with Crippen LogP contribution in [0.15, 0.2) is 17.0 Å². The number of aromatic nitrogens is 1. The van der Waals surface area contributed by atoms with Crippen molar-refractivity contribution >= 4 is 11.8 Å². The average Bonchev–Trinajstić information content (AvgIpc) is 2.17. The first-order valence-electron chi connectivity index (χ1n) is 4.25. The van der Waals surface area contributed by atoms with Crippen LogP contribution in [0.3, 0.4) is 0 Å². The fourth-order valence-corrected chi connectivity index (χ4v) is 1.60. The molecule has 0 fully saturated rings.